The molecule has 0 saturated carbocycles. The lowest BCUT2D eigenvalue weighted by atomic mass is 9.73. The maximum atomic E-state index is 13.5. The zero-order valence-electron chi connectivity index (χ0n) is 20.5. The first-order valence-electron chi connectivity index (χ1n) is 11.7. The molecule has 1 atom stereocenters. The molecule has 2 aromatic carbocycles. The predicted molar refractivity (Wildman–Crippen MR) is 139 cm³/mol. The van der Waals surface area contributed by atoms with E-state index in [4.69, 9.17) is 10.2 Å². The van der Waals surface area contributed by atoms with Crippen molar-refractivity contribution in [3.05, 3.63) is 48.5 Å². The van der Waals surface area contributed by atoms with Crippen LogP contribution in [0.4, 0.5) is 23.7 Å². The van der Waals surface area contributed by atoms with Crippen LogP contribution in [0.15, 0.2) is 63.2 Å². The van der Waals surface area contributed by atoms with Gasteiger partial charge in [-0.05, 0) is 36.8 Å². The molecule has 39 heavy (non-hydrogen) atoms. The van der Waals surface area contributed by atoms with E-state index in [1.165, 1.54) is 16.7 Å². The molecule has 2 aliphatic rings. The van der Waals surface area contributed by atoms with Crippen LogP contribution in [0.1, 0.15) is 6.42 Å². The molecule has 2 heterocycles. The molecule has 2 aromatic rings. The summed E-state index contributed by atoms with van der Waals surface area (Å²) < 4.78 is 88.7. The summed E-state index contributed by atoms with van der Waals surface area (Å²) in [5, 5.41) is 17.0. The summed E-state index contributed by atoms with van der Waals surface area (Å²) >= 11 is 1.43. The van der Waals surface area contributed by atoms with Crippen LogP contribution in [0, 0.1) is 5.41 Å². The molecule has 4 N–H and O–H groups in total. The van der Waals surface area contributed by atoms with Gasteiger partial charge in [-0.3, -0.25) is 0 Å². The Balaban J connectivity index is 1.53. The van der Waals surface area contributed by atoms with Crippen LogP contribution in [-0.4, -0.2) is 87.9 Å². The fourth-order valence-electron chi connectivity index (χ4n) is 4.77. The number of halogens is 3. The number of benzene rings is 2. The number of sulfonamides is 1. The average molecular weight is 609 g/mol. The van der Waals surface area contributed by atoms with Crippen molar-refractivity contribution in [1.82, 2.24) is 9.80 Å². The zero-order chi connectivity index (χ0) is 28.6. The van der Waals surface area contributed by atoms with E-state index in [0.29, 0.717) is 51.0 Å². The van der Waals surface area contributed by atoms with Gasteiger partial charge >= 0.3 is 11.6 Å². The molecule has 0 aliphatic carbocycles. The molecule has 1 amide bonds. The monoisotopic (exact) mass is 608 g/mol. The van der Waals surface area contributed by atoms with Gasteiger partial charge in [0, 0.05) is 54.8 Å². The summed E-state index contributed by atoms with van der Waals surface area (Å²) in [6, 6.07) is 11.1. The third-order valence-corrected chi connectivity index (χ3v) is 10.3. The highest BCUT2D eigenvalue weighted by atomic mass is 32.2. The molecule has 4 rings (SSSR count). The number of thioether (sulfide) groups is 1. The zero-order valence-corrected chi connectivity index (χ0v) is 22.9. The molecule has 0 aromatic heterocycles. The number of primary sulfonamides is 1. The fourth-order valence-corrected chi connectivity index (χ4v) is 7.33. The first-order chi connectivity index (χ1) is 18.1. The minimum Gasteiger partial charge on any atom is -0.465 e. The number of nitrogens with one attached hydrogen (secondary N) is 1. The third-order valence-electron chi connectivity index (χ3n) is 6.66. The number of anilines is 1. The average Bonchev–Trinajstić information content (AvgIpc) is 2.79. The van der Waals surface area contributed by atoms with Crippen LogP contribution in [0.3, 0.4) is 0 Å². The van der Waals surface area contributed by atoms with Crippen LogP contribution in [-0.2, 0) is 19.9 Å². The molecule has 10 nitrogen and oxygen atoms in total. The van der Waals surface area contributed by atoms with E-state index in [-0.39, 0.29) is 11.1 Å². The van der Waals surface area contributed by atoms with Crippen LogP contribution in [0.25, 0.3) is 0 Å². The molecule has 0 radical (unpaired) electrons. The molecular formula is C23H27F3N4O6S3. The van der Waals surface area contributed by atoms with Crippen molar-refractivity contribution in [3.8, 4) is 0 Å². The molecule has 2 fully saturated rings. The number of alkyl halides is 3. The van der Waals surface area contributed by atoms with Crippen molar-refractivity contribution in [2.75, 3.05) is 43.8 Å². The number of nitrogens with zero attached hydrogens (tertiary/aromatic N) is 2. The number of amides is 1. The number of rotatable bonds is 10. The molecule has 16 heteroatoms. The highest BCUT2D eigenvalue weighted by molar-refractivity contribution is 7.99. The second kappa shape index (κ2) is 10.8. The molecule has 1 unspecified atom stereocenters. The summed E-state index contributed by atoms with van der Waals surface area (Å²) in [6.45, 7) is 2.83. The van der Waals surface area contributed by atoms with Gasteiger partial charge in [0.1, 0.15) is 4.90 Å². The Bertz CT molecular complexity index is 1420. The van der Waals surface area contributed by atoms with Gasteiger partial charge < -0.3 is 20.2 Å². The predicted octanol–water partition coefficient (Wildman–Crippen LogP) is 2.89. The van der Waals surface area contributed by atoms with Crippen molar-refractivity contribution < 1.29 is 39.9 Å². The van der Waals surface area contributed by atoms with Gasteiger partial charge in [0.05, 0.1) is 10.6 Å². The lowest BCUT2D eigenvalue weighted by Gasteiger charge is -2.59. The van der Waals surface area contributed by atoms with E-state index in [9.17, 15) is 34.8 Å². The quantitative estimate of drug-likeness (QED) is 0.346. The van der Waals surface area contributed by atoms with Gasteiger partial charge in [-0.2, -0.15) is 13.2 Å². The van der Waals surface area contributed by atoms with E-state index in [1.54, 1.807) is 0 Å². The summed E-state index contributed by atoms with van der Waals surface area (Å²) in [4.78, 5) is 13.4. The van der Waals surface area contributed by atoms with Crippen LogP contribution >= 0.6 is 11.8 Å². The van der Waals surface area contributed by atoms with Crippen LogP contribution in [0.2, 0.25) is 0 Å². The molecule has 2 aliphatic heterocycles. The first-order valence-corrected chi connectivity index (χ1v) is 15.7. The summed E-state index contributed by atoms with van der Waals surface area (Å²) in [5.74, 6) is 0.373. The molecule has 2 saturated heterocycles. The van der Waals surface area contributed by atoms with E-state index in [0.717, 1.165) is 17.0 Å². The van der Waals surface area contributed by atoms with Crippen molar-refractivity contribution in [2.24, 2.45) is 10.6 Å². The summed E-state index contributed by atoms with van der Waals surface area (Å²) in [6.07, 6.45) is -0.527. The van der Waals surface area contributed by atoms with Gasteiger partial charge in [-0.15, -0.1) is 11.8 Å². The first kappa shape index (κ1) is 29.5. The molecule has 0 bridgehead atoms. The largest absolute Gasteiger partial charge is 0.501 e. The maximum Gasteiger partial charge on any atom is 0.501 e. The van der Waals surface area contributed by atoms with Crippen molar-refractivity contribution >= 4 is 43.4 Å². The Labute approximate surface area is 228 Å². The topological polar surface area (TPSA) is 150 Å². The second-order valence-electron chi connectivity index (χ2n) is 9.76. The SMILES string of the molecule is NS(=O)(=O)c1ccc(NC(CCN2CC3(C2)CN(C(=O)O)C3)CSc2ccccc2)c(S(=O)(=O)C(F)(F)F)c1. The minimum atomic E-state index is -5.90. The van der Waals surface area contributed by atoms with E-state index < -0.39 is 47.3 Å². The van der Waals surface area contributed by atoms with Gasteiger partial charge in [0.25, 0.3) is 9.84 Å². The Hall–Kier alpha value is -2.53. The number of hydrogen-bond donors (Lipinski definition) is 3. The van der Waals surface area contributed by atoms with Gasteiger partial charge in [0.15, 0.2) is 0 Å². The highest BCUT2D eigenvalue weighted by Crippen LogP contribution is 2.40. The fraction of sp³-hybridized carbons (Fsp3) is 0.435. The van der Waals surface area contributed by atoms with E-state index in [1.807, 2.05) is 30.3 Å². The molecular weight excluding hydrogens is 581 g/mol. The van der Waals surface area contributed by atoms with Gasteiger partial charge in [-0.25, -0.2) is 26.8 Å². The van der Waals surface area contributed by atoms with Crippen molar-refractivity contribution in [1.29, 1.82) is 0 Å². The standard InChI is InChI=1S/C23H27F3N4O6S3/c24-23(25,26)38(33,34)20-10-18(39(27,35)36)6-7-19(20)28-16(11-37-17-4-2-1-3-5-17)8-9-29-12-22(13-29)14-30(15-22)21(31)32/h1-7,10,16,28H,8-9,11-15H2,(H,31,32)(H2,27,35,36). The number of carbonyl (C=O) groups is 1. The van der Waals surface area contributed by atoms with E-state index in [2.05, 4.69) is 10.2 Å². The summed E-state index contributed by atoms with van der Waals surface area (Å²) in [5.41, 5.74) is -6.11. The third kappa shape index (κ3) is 6.62. The lowest BCUT2D eigenvalue weighted by molar-refractivity contribution is -0.101. The Kier molecular flexibility index (Phi) is 8.16. The normalized spacial score (nSPS) is 18.3. The number of nitrogens with two attached hydrogens (primary N) is 1. The molecule has 1 spiro atoms. The van der Waals surface area contributed by atoms with Crippen LogP contribution in [0.5, 0.6) is 0 Å². The Morgan fingerprint density at radius 2 is 1.72 bits per heavy atom. The maximum absolute atomic E-state index is 13.5. The van der Waals surface area contributed by atoms with Crippen molar-refractivity contribution in [2.45, 2.75) is 32.7 Å². The second-order valence-corrected chi connectivity index (χ2v) is 14.3. The Morgan fingerprint density at radius 1 is 1.08 bits per heavy atom. The van der Waals surface area contributed by atoms with E-state index >= 15 is 0 Å². The number of hydrogen-bond acceptors (Lipinski definition) is 8. The number of sulfone groups is 1. The number of likely N-dealkylation sites (tertiary alicyclic amines) is 2. The van der Waals surface area contributed by atoms with Gasteiger partial charge in [0.2, 0.25) is 10.0 Å². The lowest BCUT2D eigenvalue weighted by Crippen LogP contribution is -2.72. The van der Waals surface area contributed by atoms with Crippen LogP contribution < -0.4 is 10.5 Å². The highest BCUT2D eigenvalue weighted by Gasteiger charge is 2.53. The number of carboxylic acid groups (broad SMARTS) is 1. The smallest absolute Gasteiger partial charge is 0.465 e. The molecule has 214 valence electrons. The Morgan fingerprint density at radius 3 is 2.28 bits per heavy atom. The summed E-state index contributed by atoms with van der Waals surface area (Å²) in [7, 11) is -10.4. The minimum absolute atomic E-state index is 0.0718. The van der Waals surface area contributed by atoms with Crippen molar-refractivity contribution in [3.63, 3.8) is 0 Å². The van der Waals surface area contributed by atoms with Gasteiger partial charge in [-0.1, -0.05) is 18.2 Å².